The fourth-order valence-electron chi connectivity index (χ4n) is 1.69. The number of carbonyl (C=O) groups is 3. The lowest BCUT2D eigenvalue weighted by Crippen LogP contribution is -2.37. The Hall–Kier alpha value is -1.11. The Morgan fingerprint density at radius 2 is 1.05 bits per heavy atom. The van der Waals surface area contributed by atoms with E-state index in [4.69, 9.17) is 14.2 Å². The van der Waals surface area contributed by atoms with Crippen LogP contribution in [0.4, 0.5) is 0 Å². The van der Waals surface area contributed by atoms with Crippen molar-refractivity contribution in [3.05, 3.63) is 0 Å². The van der Waals surface area contributed by atoms with Gasteiger partial charge in [-0.15, -0.1) is 0 Å². The molecule has 0 aliphatic rings. The molecule has 0 aromatic heterocycles. The average molecular weight is 302 g/mol. The van der Waals surface area contributed by atoms with Crippen LogP contribution in [-0.2, 0) is 28.6 Å². The van der Waals surface area contributed by atoms with Crippen molar-refractivity contribution in [3.63, 3.8) is 0 Å². The van der Waals surface area contributed by atoms with Gasteiger partial charge in [0.25, 0.3) is 0 Å². The highest BCUT2D eigenvalue weighted by Crippen LogP contribution is 2.24. The van der Waals surface area contributed by atoms with Gasteiger partial charge in [-0.2, -0.15) is 0 Å². The minimum atomic E-state index is -0.325. The number of hydrogen-bond acceptors (Lipinski definition) is 6. The van der Waals surface area contributed by atoms with E-state index in [1.54, 1.807) is 0 Å². The van der Waals surface area contributed by atoms with E-state index in [0.29, 0.717) is 58.9 Å². The smallest absolute Gasteiger partial charge is 0.122 e. The average Bonchev–Trinajstić information content (AvgIpc) is 2.51. The normalized spacial score (nSPS) is 11.3. The molecule has 0 rings (SSSR count). The van der Waals surface area contributed by atoms with Gasteiger partial charge in [-0.25, -0.2) is 0 Å². The zero-order chi connectivity index (χ0) is 15.8. The molecule has 21 heavy (non-hydrogen) atoms. The van der Waals surface area contributed by atoms with Crippen molar-refractivity contribution in [1.29, 1.82) is 0 Å². The largest absolute Gasteiger partial charge is 0.380 e. The summed E-state index contributed by atoms with van der Waals surface area (Å²) in [5, 5.41) is 0. The van der Waals surface area contributed by atoms with Gasteiger partial charge in [0, 0.05) is 24.7 Å². The van der Waals surface area contributed by atoms with E-state index in [2.05, 4.69) is 0 Å². The van der Waals surface area contributed by atoms with Crippen LogP contribution in [-0.4, -0.2) is 58.5 Å². The van der Waals surface area contributed by atoms with Crippen LogP contribution in [0.3, 0.4) is 0 Å². The fraction of sp³-hybridized carbons (Fsp3) is 0.800. The third-order valence-corrected chi connectivity index (χ3v) is 3.11. The summed E-state index contributed by atoms with van der Waals surface area (Å²) in [5.41, 5.74) is -0.325. The first-order valence-electron chi connectivity index (χ1n) is 7.29. The van der Waals surface area contributed by atoms with Gasteiger partial charge in [0.15, 0.2) is 0 Å². The second-order valence-electron chi connectivity index (χ2n) is 4.88. The minimum Gasteiger partial charge on any atom is -0.380 e. The molecule has 0 heterocycles. The van der Waals surface area contributed by atoms with Crippen molar-refractivity contribution in [2.45, 2.75) is 32.6 Å². The molecule has 0 radical (unpaired) electrons. The summed E-state index contributed by atoms with van der Waals surface area (Å²) in [5.74, 6) is 0. The summed E-state index contributed by atoms with van der Waals surface area (Å²) >= 11 is 0. The highest BCUT2D eigenvalue weighted by molar-refractivity contribution is 5.49. The number of hydrogen-bond donors (Lipinski definition) is 0. The highest BCUT2D eigenvalue weighted by Gasteiger charge is 2.29. The topological polar surface area (TPSA) is 78.9 Å². The SMILES string of the molecule is CCC(COCCC=O)(COCCC=O)COCCC=O. The van der Waals surface area contributed by atoms with Crippen molar-refractivity contribution < 1.29 is 28.6 Å². The summed E-state index contributed by atoms with van der Waals surface area (Å²) in [6.45, 7) is 4.36. The van der Waals surface area contributed by atoms with Gasteiger partial charge in [0.1, 0.15) is 18.9 Å². The Morgan fingerprint density at radius 3 is 1.29 bits per heavy atom. The van der Waals surface area contributed by atoms with Crippen molar-refractivity contribution >= 4 is 18.9 Å². The van der Waals surface area contributed by atoms with Crippen molar-refractivity contribution in [2.75, 3.05) is 39.6 Å². The Balaban J connectivity index is 4.31. The fourth-order valence-corrected chi connectivity index (χ4v) is 1.69. The molecule has 0 aromatic carbocycles. The molecule has 0 saturated carbocycles. The minimum absolute atomic E-state index is 0.325. The summed E-state index contributed by atoms with van der Waals surface area (Å²) in [6, 6.07) is 0. The first kappa shape index (κ1) is 19.9. The van der Waals surface area contributed by atoms with Gasteiger partial charge in [-0.05, 0) is 6.42 Å². The predicted octanol–water partition coefficient (Wildman–Crippen LogP) is 1.20. The highest BCUT2D eigenvalue weighted by atomic mass is 16.5. The van der Waals surface area contributed by atoms with Crippen LogP contribution in [0.15, 0.2) is 0 Å². The Morgan fingerprint density at radius 1 is 0.714 bits per heavy atom. The van der Waals surface area contributed by atoms with E-state index in [-0.39, 0.29) is 5.41 Å². The van der Waals surface area contributed by atoms with Gasteiger partial charge in [-0.3, -0.25) is 0 Å². The maximum atomic E-state index is 10.3. The molecular formula is C15H26O6. The molecule has 0 N–H and O–H groups in total. The standard InChI is InChI=1S/C15H26O6/c1-2-15(12-19-9-3-6-16,13-20-10-4-7-17)14-21-11-5-8-18/h6-8H,2-5,9-14H2,1H3. The molecule has 0 aromatic rings. The van der Waals surface area contributed by atoms with Crippen molar-refractivity contribution in [3.8, 4) is 0 Å². The molecule has 0 bridgehead atoms. The third kappa shape index (κ3) is 10.3. The van der Waals surface area contributed by atoms with Crippen LogP contribution in [0.2, 0.25) is 0 Å². The molecular weight excluding hydrogens is 276 g/mol. The Labute approximate surface area is 126 Å². The van der Waals surface area contributed by atoms with Gasteiger partial charge in [0.05, 0.1) is 39.6 Å². The van der Waals surface area contributed by atoms with E-state index >= 15 is 0 Å². The lowest BCUT2D eigenvalue weighted by atomic mass is 9.88. The van der Waals surface area contributed by atoms with Crippen LogP contribution >= 0.6 is 0 Å². The van der Waals surface area contributed by atoms with Crippen LogP contribution in [0.1, 0.15) is 32.6 Å². The van der Waals surface area contributed by atoms with Crippen molar-refractivity contribution in [2.24, 2.45) is 5.41 Å². The number of ether oxygens (including phenoxy) is 3. The van der Waals surface area contributed by atoms with E-state index in [1.807, 2.05) is 6.92 Å². The molecule has 0 spiro atoms. The van der Waals surface area contributed by atoms with Gasteiger partial charge in [-0.1, -0.05) is 6.92 Å². The first-order chi connectivity index (χ1) is 10.2. The molecule has 0 fully saturated rings. The van der Waals surface area contributed by atoms with E-state index in [1.165, 1.54) is 0 Å². The number of rotatable bonds is 16. The number of carbonyl (C=O) groups excluding carboxylic acids is 3. The summed E-state index contributed by atoms with van der Waals surface area (Å²) in [6.07, 6.45) is 4.29. The lowest BCUT2D eigenvalue weighted by Gasteiger charge is -2.32. The molecule has 6 heteroatoms. The zero-order valence-electron chi connectivity index (χ0n) is 12.8. The van der Waals surface area contributed by atoms with Crippen LogP contribution in [0, 0.1) is 5.41 Å². The van der Waals surface area contributed by atoms with E-state index in [0.717, 1.165) is 25.3 Å². The summed E-state index contributed by atoms with van der Waals surface area (Å²) in [7, 11) is 0. The molecule has 0 aliphatic heterocycles. The van der Waals surface area contributed by atoms with E-state index < -0.39 is 0 Å². The van der Waals surface area contributed by atoms with Gasteiger partial charge < -0.3 is 28.6 Å². The number of aldehydes is 3. The predicted molar refractivity (Wildman–Crippen MR) is 77.2 cm³/mol. The van der Waals surface area contributed by atoms with Gasteiger partial charge in [0.2, 0.25) is 0 Å². The molecule has 0 aliphatic carbocycles. The van der Waals surface area contributed by atoms with Crippen LogP contribution in [0.5, 0.6) is 0 Å². The maximum Gasteiger partial charge on any atom is 0.122 e. The van der Waals surface area contributed by atoms with E-state index in [9.17, 15) is 14.4 Å². The zero-order valence-corrected chi connectivity index (χ0v) is 12.8. The van der Waals surface area contributed by atoms with Gasteiger partial charge >= 0.3 is 0 Å². The Bertz CT molecular complexity index is 239. The second-order valence-corrected chi connectivity index (χ2v) is 4.88. The van der Waals surface area contributed by atoms with Crippen LogP contribution < -0.4 is 0 Å². The molecule has 0 atom stereocenters. The monoisotopic (exact) mass is 302 g/mol. The maximum absolute atomic E-state index is 10.3. The summed E-state index contributed by atoms with van der Waals surface area (Å²) in [4.78, 5) is 30.9. The first-order valence-corrected chi connectivity index (χ1v) is 7.29. The molecule has 0 unspecified atom stereocenters. The quantitative estimate of drug-likeness (QED) is 0.315. The lowest BCUT2D eigenvalue weighted by molar-refractivity contribution is -0.111. The van der Waals surface area contributed by atoms with Crippen LogP contribution in [0.25, 0.3) is 0 Å². The molecule has 0 saturated heterocycles. The third-order valence-electron chi connectivity index (χ3n) is 3.11. The molecule has 0 amide bonds. The Kier molecular flexibility index (Phi) is 13.1. The van der Waals surface area contributed by atoms with Crippen molar-refractivity contribution in [1.82, 2.24) is 0 Å². The summed E-state index contributed by atoms with van der Waals surface area (Å²) < 4.78 is 16.5. The molecule has 122 valence electrons. The second kappa shape index (κ2) is 13.9. The molecule has 6 nitrogen and oxygen atoms in total.